The number of halogens is 3. The predicted octanol–water partition coefficient (Wildman–Crippen LogP) is 2.70. The molecule has 82 valence electrons. The smallest absolute Gasteiger partial charge is 0.271 e. The summed E-state index contributed by atoms with van der Waals surface area (Å²) in [6.07, 6.45) is 1.86. The van der Waals surface area contributed by atoms with E-state index in [-0.39, 0.29) is 5.91 Å². The number of nitrogens with one attached hydrogen (secondary N) is 1. The summed E-state index contributed by atoms with van der Waals surface area (Å²) in [6, 6.07) is 1.73. The lowest BCUT2D eigenvalue weighted by atomic mass is 10.3. The number of hydrogen-bond donors (Lipinski definition) is 1. The molecule has 0 spiro atoms. The molecule has 15 heavy (non-hydrogen) atoms. The average molecular weight is 340 g/mol. The summed E-state index contributed by atoms with van der Waals surface area (Å²) in [7, 11) is 0. The zero-order valence-corrected chi connectivity index (χ0v) is 10.9. The molecule has 1 amide bonds. The molecular weight excluding hydrogens is 331 g/mol. The molecule has 0 aliphatic carbocycles. The molecule has 0 saturated carbocycles. The summed E-state index contributed by atoms with van der Waals surface area (Å²) in [6.45, 7) is -0.116. The second kappa shape index (κ2) is 6.17. The zero-order valence-electron chi connectivity index (χ0n) is 7.77. The molecule has 0 aromatic carbocycles. The van der Waals surface area contributed by atoms with Gasteiger partial charge in [-0.25, -0.2) is 4.98 Å². The van der Waals surface area contributed by atoms with Gasteiger partial charge in [0.25, 0.3) is 5.91 Å². The Balaban J connectivity index is 2.65. The van der Waals surface area contributed by atoms with Gasteiger partial charge in [-0.15, -0.1) is 0 Å². The summed E-state index contributed by atoms with van der Waals surface area (Å²) in [5.74, 6) is -0.303. The van der Waals surface area contributed by atoms with Crippen LogP contribution in [0.25, 0.3) is 0 Å². The molecule has 1 N–H and O–H groups in total. The summed E-state index contributed by atoms with van der Waals surface area (Å²) in [5, 5.41) is 2.57. The molecular formula is C9H9Br2FN2O. The van der Waals surface area contributed by atoms with Crippen LogP contribution < -0.4 is 5.32 Å². The van der Waals surface area contributed by atoms with Crippen molar-refractivity contribution < 1.29 is 9.18 Å². The van der Waals surface area contributed by atoms with Crippen molar-refractivity contribution in [2.75, 3.05) is 13.2 Å². The van der Waals surface area contributed by atoms with E-state index in [1.807, 2.05) is 0 Å². The summed E-state index contributed by atoms with van der Waals surface area (Å²) in [5.41, 5.74) is 0.303. The lowest BCUT2D eigenvalue weighted by Crippen LogP contribution is -2.26. The van der Waals surface area contributed by atoms with Crippen molar-refractivity contribution in [2.45, 2.75) is 6.42 Å². The Morgan fingerprint density at radius 3 is 2.87 bits per heavy atom. The second-order valence-corrected chi connectivity index (χ2v) is 4.55. The fraction of sp³-hybridized carbons (Fsp3) is 0.333. The first-order valence-electron chi connectivity index (χ1n) is 4.30. The Labute approximate surface area is 104 Å². The van der Waals surface area contributed by atoms with Crippen LogP contribution in [0.15, 0.2) is 21.2 Å². The fourth-order valence-corrected chi connectivity index (χ4v) is 2.10. The van der Waals surface area contributed by atoms with Crippen LogP contribution in [0.5, 0.6) is 0 Å². The first kappa shape index (κ1) is 12.6. The van der Waals surface area contributed by atoms with Gasteiger partial charge >= 0.3 is 0 Å². The van der Waals surface area contributed by atoms with E-state index < -0.39 is 6.67 Å². The topological polar surface area (TPSA) is 42.0 Å². The van der Waals surface area contributed by atoms with Gasteiger partial charge in [-0.2, -0.15) is 0 Å². The molecule has 0 unspecified atom stereocenters. The van der Waals surface area contributed by atoms with Crippen molar-refractivity contribution >= 4 is 37.8 Å². The van der Waals surface area contributed by atoms with E-state index in [0.717, 1.165) is 4.47 Å². The quantitative estimate of drug-likeness (QED) is 0.857. The van der Waals surface area contributed by atoms with Gasteiger partial charge < -0.3 is 5.32 Å². The molecule has 6 heteroatoms. The fourth-order valence-electron chi connectivity index (χ4n) is 0.934. The minimum Gasteiger partial charge on any atom is -0.351 e. The van der Waals surface area contributed by atoms with Gasteiger partial charge in [0.2, 0.25) is 0 Å². The highest BCUT2D eigenvalue weighted by Gasteiger charge is 2.10. The highest BCUT2D eigenvalue weighted by Crippen LogP contribution is 2.19. The maximum absolute atomic E-state index is 11.8. The molecule has 1 heterocycles. The number of amides is 1. The summed E-state index contributed by atoms with van der Waals surface area (Å²) >= 11 is 6.46. The highest BCUT2D eigenvalue weighted by atomic mass is 79.9. The third kappa shape index (κ3) is 3.87. The third-order valence-corrected chi connectivity index (χ3v) is 2.66. The molecule has 3 nitrogen and oxygen atoms in total. The first-order chi connectivity index (χ1) is 7.15. The van der Waals surface area contributed by atoms with Crippen molar-refractivity contribution in [1.29, 1.82) is 0 Å². The number of aromatic nitrogens is 1. The Morgan fingerprint density at radius 2 is 2.27 bits per heavy atom. The van der Waals surface area contributed by atoms with E-state index in [0.29, 0.717) is 23.1 Å². The number of hydrogen-bond acceptors (Lipinski definition) is 2. The molecule has 0 saturated heterocycles. The van der Waals surface area contributed by atoms with Crippen molar-refractivity contribution in [1.82, 2.24) is 10.3 Å². The maximum Gasteiger partial charge on any atom is 0.271 e. The molecule has 0 radical (unpaired) electrons. The van der Waals surface area contributed by atoms with E-state index in [4.69, 9.17) is 0 Å². The van der Waals surface area contributed by atoms with E-state index in [2.05, 4.69) is 42.2 Å². The molecule has 1 aromatic heterocycles. The van der Waals surface area contributed by atoms with Crippen molar-refractivity contribution in [3.8, 4) is 0 Å². The molecule has 0 fully saturated rings. The number of pyridine rings is 1. The predicted molar refractivity (Wildman–Crippen MR) is 62.6 cm³/mol. The number of alkyl halides is 1. The minimum absolute atomic E-state index is 0.303. The second-order valence-electron chi connectivity index (χ2n) is 2.78. The zero-order chi connectivity index (χ0) is 11.3. The van der Waals surface area contributed by atoms with Gasteiger partial charge in [-0.3, -0.25) is 9.18 Å². The molecule has 0 bridgehead atoms. The highest BCUT2D eigenvalue weighted by molar-refractivity contribution is 9.11. The van der Waals surface area contributed by atoms with Crippen molar-refractivity contribution in [3.05, 3.63) is 26.9 Å². The Morgan fingerprint density at radius 1 is 1.53 bits per heavy atom. The number of carbonyl (C=O) groups is 1. The van der Waals surface area contributed by atoms with Crippen LogP contribution >= 0.6 is 31.9 Å². The standard InChI is InChI=1S/C9H9Br2FN2O/c10-6-4-7(11)8(14-5-6)9(15)13-3-1-2-12/h4-5H,1-3H2,(H,13,15). The van der Waals surface area contributed by atoms with Crippen LogP contribution in [-0.2, 0) is 0 Å². The normalized spacial score (nSPS) is 10.1. The minimum atomic E-state index is -0.435. The molecule has 1 aromatic rings. The molecule has 1 rings (SSSR count). The van der Waals surface area contributed by atoms with Crippen molar-refractivity contribution in [3.63, 3.8) is 0 Å². The largest absolute Gasteiger partial charge is 0.351 e. The Bertz CT molecular complexity index is 360. The van der Waals surface area contributed by atoms with E-state index in [9.17, 15) is 9.18 Å². The van der Waals surface area contributed by atoms with E-state index in [1.165, 1.54) is 6.20 Å². The van der Waals surface area contributed by atoms with Crippen LogP contribution in [0.1, 0.15) is 16.9 Å². The van der Waals surface area contributed by atoms with Crippen LogP contribution in [0.4, 0.5) is 4.39 Å². The van der Waals surface area contributed by atoms with Crippen LogP contribution in [0, 0.1) is 0 Å². The van der Waals surface area contributed by atoms with Gasteiger partial charge in [-0.1, -0.05) is 0 Å². The van der Waals surface area contributed by atoms with Gasteiger partial charge in [0.05, 0.1) is 11.1 Å². The molecule has 0 aliphatic heterocycles. The SMILES string of the molecule is O=C(NCCCF)c1ncc(Br)cc1Br. The Kier molecular flexibility index (Phi) is 5.17. The molecule has 0 atom stereocenters. The monoisotopic (exact) mass is 338 g/mol. The maximum atomic E-state index is 11.8. The summed E-state index contributed by atoms with van der Waals surface area (Å²) in [4.78, 5) is 15.5. The van der Waals surface area contributed by atoms with Crippen molar-refractivity contribution in [2.24, 2.45) is 0 Å². The van der Waals surface area contributed by atoms with E-state index in [1.54, 1.807) is 6.07 Å². The van der Waals surface area contributed by atoms with Crippen LogP contribution in [0.3, 0.4) is 0 Å². The molecule has 0 aliphatic rings. The van der Waals surface area contributed by atoms with Gasteiger partial charge in [0.15, 0.2) is 0 Å². The first-order valence-corrected chi connectivity index (χ1v) is 5.89. The number of rotatable bonds is 4. The lowest BCUT2D eigenvalue weighted by molar-refractivity contribution is 0.0947. The summed E-state index contributed by atoms with van der Waals surface area (Å²) < 4.78 is 13.2. The third-order valence-electron chi connectivity index (χ3n) is 1.62. The number of nitrogens with zero attached hydrogens (tertiary/aromatic N) is 1. The van der Waals surface area contributed by atoms with Gasteiger partial charge in [-0.05, 0) is 44.3 Å². The van der Waals surface area contributed by atoms with Gasteiger partial charge in [0, 0.05) is 17.2 Å². The van der Waals surface area contributed by atoms with Crippen LogP contribution in [-0.4, -0.2) is 24.1 Å². The van der Waals surface area contributed by atoms with E-state index >= 15 is 0 Å². The van der Waals surface area contributed by atoms with Crippen LogP contribution in [0.2, 0.25) is 0 Å². The Hall–Kier alpha value is -0.490. The lowest BCUT2D eigenvalue weighted by Gasteiger charge is -2.04. The number of carbonyl (C=O) groups excluding carboxylic acids is 1. The average Bonchev–Trinajstić information content (AvgIpc) is 2.17. The van der Waals surface area contributed by atoms with Gasteiger partial charge in [0.1, 0.15) is 5.69 Å².